The van der Waals surface area contributed by atoms with Gasteiger partial charge < -0.3 is 15.6 Å². The number of Topliss-reactive ketones (excluding diaryl/α,β-unsaturated/α-hetero) is 1. The van der Waals surface area contributed by atoms with Gasteiger partial charge in [0.15, 0.2) is 11.2 Å². The summed E-state index contributed by atoms with van der Waals surface area (Å²) >= 11 is 0. The highest BCUT2D eigenvalue weighted by atomic mass is 16.2. The van der Waals surface area contributed by atoms with Crippen LogP contribution in [-0.4, -0.2) is 40.7 Å². The van der Waals surface area contributed by atoms with Crippen molar-refractivity contribution >= 4 is 22.6 Å². The molecule has 6 heteroatoms. The second kappa shape index (κ2) is 8.05. The van der Waals surface area contributed by atoms with Gasteiger partial charge in [-0.05, 0) is 43.7 Å². The molecule has 1 aliphatic heterocycles. The molecule has 1 fully saturated rings. The standard InChI is InChI=1S/C21H27N3O3/c1-13(15-7-9-24(10-8-15)21(27)14(2)22)11-20(26)18-12-19(25)16-5-3-4-6-17(16)23-18/h3-6,12-15H,7-11,22H2,1-2H3,(H,23,25)/t13?,14-/m0/s1. The molecule has 6 nitrogen and oxygen atoms in total. The molecule has 1 aromatic carbocycles. The van der Waals surface area contributed by atoms with E-state index in [0.29, 0.717) is 42.0 Å². The molecule has 144 valence electrons. The van der Waals surface area contributed by atoms with E-state index in [1.165, 1.54) is 6.07 Å². The van der Waals surface area contributed by atoms with Crippen molar-refractivity contribution in [3.05, 3.63) is 46.2 Å². The van der Waals surface area contributed by atoms with Crippen molar-refractivity contribution in [3.8, 4) is 0 Å². The molecular weight excluding hydrogens is 342 g/mol. The number of aromatic nitrogens is 1. The Labute approximate surface area is 158 Å². The zero-order valence-electron chi connectivity index (χ0n) is 15.9. The van der Waals surface area contributed by atoms with Crippen LogP contribution in [0.3, 0.4) is 0 Å². The van der Waals surface area contributed by atoms with Gasteiger partial charge in [-0.15, -0.1) is 0 Å². The number of rotatable bonds is 5. The number of nitrogens with one attached hydrogen (secondary N) is 1. The number of H-pyrrole nitrogens is 1. The van der Waals surface area contributed by atoms with E-state index in [4.69, 9.17) is 5.73 Å². The molecule has 0 aliphatic carbocycles. The van der Waals surface area contributed by atoms with E-state index in [0.717, 1.165) is 12.8 Å². The zero-order chi connectivity index (χ0) is 19.6. The van der Waals surface area contributed by atoms with Crippen molar-refractivity contribution in [3.63, 3.8) is 0 Å². The molecule has 1 saturated heterocycles. The number of benzene rings is 1. The third-order valence-electron chi connectivity index (χ3n) is 5.59. The Morgan fingerprint density at radius 3 is 2.56 bits per heavy atom. The average Bonchev–Trinajstić information content (AvgIpc) is 2.67. The Balaban J connectivity index is 1.63. The number of nitrogens with zero attached hydrogens (tertiary/aromatic N) is 1. The van der Waals surface area contributed by atoms with Crippen LogP contribution in [0.4, 0.5) is 0 Å². The van der Waals surface area contributed by atoms with E-state index in [1.54, 1.807) is 13.0 Å². The molecule has 0 spiro atoms. The van der Waals surface area contributed by atoms with Gasteiger partial charge in [0.1, 0.15) is 0 Å². The number of carbonyl (C=O) groups is 2. The van der Waals surface area contributed by atoms with E-state index < -0.39 is 6.04 Å². The maximum atomic E-state index is 12.7. The molecule has 2 atom stereocenters. The summed E-state index contributed by atoms with van der Waals surface area (Å²) in [4.78, 5) is 41.8. The maximum Gasteiger partial charge on any atom is 0.239 e. The Morgan fingerprint density at radius 1 is 1.22 bits per heavy atom. The van der Waals surface area contributed by atoms with Crippen molar-refractivity contribution < 1.29 is 9.59 Å². The van der Waals surface area contributed by atoms with Crippen LogP contribution in [-0.2, 0) is 4.79 Å². The normalized spacial score (nSPS) is 17.7. The second-order valence-corrected chi connectivity index (χ2v) is 7.65. The number of carbonyl (C=O) groups excluding carboxylic acids is 2. The predicted molar refractivity (Wildman–Crippen MR) is 106 cm³/mol. The number of hydrogen-bond acceptors (Lipinski definition) is 4. The van der Waals surface area contributed by atoms with Crippen LogP contribution >= 0.6 is 0 Å². The molecule has 0 saturated carbocycles. The van der Waals surface area contributed by atoms with Gasteiger partial charge in [0.25, 0.3) is 0 Å². The lowest BCUT2D eigenvalue weighted by molar-refractivity contribution is -0.133. The molecule has 0 radical (unpaired) electrons. The number of pyridine rings is 1. The lowest BCUT2D eigenvalue weighted by Crippen LogP contribution is -2.46. The van der Waals surface area contributed by atoms with Crippen LogP contribution in [0, 0.1) is 11.8 Å². The fraction of sp³-hybridized carbons (Fsp3) is 0.476. The summed E-state index contributed by atoms with van der Waals surface area (Å²) in [5.74, 6) is 0.531. The van der Waals surface area contributed by atoms with Gasteiger partial charge in [-0.25, -0.2) is 0 Å². The van der Waals surface area contributed by atoms with Gasteiger partial charge in [-0.1, -0.05) is 19.1 Å². The molecule has 3 N–H and O–H groups in total. The quantitative estimate of drug-likeness (QED) is 0.791. The minimum Gasteiger partial charge on any atom is -0.352 e. The highest BCUT2D eigenvalue weighted by molar-refractivity contribution is 5.96. The molecule has 2 aromatic rings. The Morgan fingerprint density at radius 2 is 1.89 bits per heavy atom. The lowest BCUT2D eigenvalue weighted by atomic mass is 9.82. The molecule has 1 aromatic heterocycles. The summed E-state index contributed by atoms with van der Waals surface area (Å²) in [5.41, 5.74) is 6.60. The summed E-state index contributed by atoms with van der Waals surface area (Å²) in [6.07, 6.45) is 2.14. The zero-order valence-corrected chi connectivity index (χ0v) is 15.9. The van der Waals surface area contributed by atoms with Gasteiger partial charge in [0, 0.05) is 36.5 Å². The number of nitrogens with two attached hydrogens (primary N) is 1. The molecule has 27 heavy (non-hydrogen) atoms. The van der Waals surface area contributed by atoms with Crippen LogP contribution in [0.2, 0.25) is 0 Å². The fourth-order valence-corrected chi connectivity index (χ4v) is 3.89. The number of fused-ring (bicyclic) bond motifs is 1. The SMILES string of the molecule is CC(CC(=O)c1cc(=O)c2ccccc2[nH]1)C1CCN(C(=O)[C@H](C)N)CC1. The summed E-state index contributed by atoms with van der Waals surface area (Å²) < 4.78 is 0. The van der Waals surface area contributed by atoms with Crippen LogP contribution in [0.1, 0.15) is 43.6 Å². The number of ketones is 1. The largest absolute Gasteiger partial charge is 0.352 e. The Bertz CT molecular complexity index is 895. The summed E-state index contributed by atoms with van der Waals surface area (Å²) in [5, 5.41) is 0.591. The highest BCUT2D eigenvalue weighted by Crippen LogP contribution is 2.28. The van der Waals surface area contributed by atoms with Crippen molar-refractivity contribution in [1.82, 2.24) is 9.88 Å². The number of likely N-dealkylation sites (tertiary alicyclic amines) is 1. The Kier molecular flexibility index (Phi) is 5.75. The van der Waals surface area contributed by atoms with E-state index in [9.17, 15) is 14.4 Å². The first kappa shape index (κ1) is 19.3. The van der Waals surface area contributed by atoms with Gasteiger partial charge in [0.2, 0.25) is 5.91 Å². The van der Waals surface area contributed by atoms with Crippen molar-refractivity contribution in [2.75, 3.05) is 13.1 Å². The third-order valence-corrected chi connectivity index (χ3v) is 5.59. The molecule has 0 bridgehead atoms. The third kappa shape index (κ3) is 4.27. The predicted octanol–water partition coefficient (Wildman–Crippen LogP) is 2.32. The first-order chi connectivity index (χ1) is 12.9. The van der Waals surface area contributed by atoms with Crippen LogP contribution in [0.25, 0.3) is 10.9 Å². The molecule has 1 amide bonds. The topological polar surface area (TPSA) is 96.3 Å². The molecule has 1 unspecified atom stereocenters. The molecular formula is C21H27N3O3. The fourth-order valence-electron chi connectivity index (χ4n) is 3.89. The number of para-hydroxylation sites is 1. The first-order valence-electron chi connectivity index (χ1n) is 9.56. The van der Waals surface area contributed by atoms with Crippen molar-refractivity contribution in [2.24, 2.45) is 17.6 Å². The van der Waals surface area contributed by atoms with E-state index in [-0.39, 0.29) is 23.0 Å². The highest BCUT2D eigenvalue weighted by Gasteiger charge is 2.28. The van der Waals surface area contributed by atoms with Crippen LogP contribution in [0.5, 0.6) is 0 Å². The minimum atomic E-state index is -0.467. The number of amides is 1. The van der Waals surface area contributed by atoms with Gasteiger partial charge >= 0.3 is 0 Å². The smallest absolute Gasteiger partial charge is 0.239 e. The molecule has 3 rings (SSSR count). The average molecular weight is 369 g/mol. The minimum absolute atomic E-state index is 0.00841. The molecule has 2 heterocycles. The number of piperidine rings is 1. The second-order valence-electron chi connectivity index (χ2n) is 7.65. The Hall–Kier alpha value is -2.47. The number of hydrogen-bond donors (Lipinski definition) is 2. The summed E-state index contributed by atoms with van der Waals surface area (Å²) in [7, 11) is 0. The van der Waals surface area contributed by atoms with E-state index in [2.05, 4.69) is 11.9 Å². The van der Waals surface area contributed by atoms with E-state index >= 15 is 0 Å². The summed E-state index contributed by atoms with van der Waals surface area (Å²) in [6, 6.07) is 8.15. The van der Waals surface area contributed by atoms with Gasteiger partial charge in [-0.2, -0.15) is 0 Å². The van der Waals surface area contributed by atoms with Gasteiger partial charge in [-0.3, -0.25) is 14.4 Å². The lowest BCUT2D eigenvalue weighted by Gasteiger charge is -2.35. The number of aromatic amines is 1. The monoisotopic (exact) mass is 369 g/mol. The molecule has 1 aliphatic rings. The van der Waals surface area contributed by atoms with Crippen LogP contribution in [0.15, 0.2) is 35.1 Å². The first-order valence-corrected chi connectivity index (χ1v) is 9.56. The van der Waals surface area contributed by atoms with E-state index in [1.807, 2.05) is 23.1 Å². The maximum absolute atomic E-state index is 12.7. The van der Waals surface area contributed by atoms with Crippen molar-refractivity contribution in [2.45, 2.75) is 39.2 Å². The van der Waals surface area contributed by atoms with Gasteiger partial charge in [0.05, 0.1) is 11.7 Å². The van der Waals surface area contributed by atoms with Crippen LogP contribution < -0.4 is 11.2 Å². The summed E-state index contributed by atoms with van der Waals surface area (Å²) in [6.45, 7) is 5.16. The van der Waals surface area contributed by atoms with Crippen molar-refractivity contribution in [1.29, 1.82) is 0 Å².